The summed E-state index contributed by atoms with van der Waals surface area (Å²) in [4.78, 5) is -0.337. The first kappa shape index (κ1) is 13.6. The summed E-state index contributed by atoms with van der Waals surface area (Å²) in [5.41, 5.74) is 0. The molecule has 0 aliphatic carbocycles. The molecule has 0 unspecified atom stereocenters. The molecule has 1 aromatic heterocycles. The van der Waals surface area contributed by atoms with Gasteiger partial charge in [0, 0.05) is 19.3 Å². The molecular weight excluding hydrogens is 271 g/mol. The summed E-state index contributed by atoms with van der Waals surface area (Å²) in [5, 5.41) is 7.39. The standard InChI is InChI=1S/C11H13FN4O2S/c12-10-4-1-2-5-11(10)19(17,18)14-6-3-8-16-9-7-13-15-16/h1-2,4-5,7,9,14H,3,6,8H2. The molecule has 0 aliphatic heterocycles. The molecule has 6 nitrogen and oxygen atoms in total. The lowest BCUT2D eigenvalue weighted by atomic mass is 10.4. The van der Waals surface area contributed by atoms with Crippen molar-refractivity contribution in [2.45, 2.75) is 17.9 Å². The molecule has 2 rings (SSSR count). The van der Waals surface area contributed by atoms with Gasteiger partial charge >= 0.3 is 0 Å². The van der Waals surface area contributed by atoms with Gasteiger partial charge in [-0.15, -0.1) is 5.10 Å². The van der Waals surface area contributed by atoms with Crippen LogP contribution in [0.5, 0.6) is 0 Å². The number of rotatable bonds is 6. The van der Waals surface area contributed by atoms with Gasteiger partial charge in [0.1, 0.15) is 10.7 Å². The van der Waals surface area contributed by atoms with Crippen LogP contribution in [0.25, 0.3) is 0 Å². The second kappa shape index (κ2) is 5.89. The summed E-state index contributed by atoms with van der Waals surface area (Å²) in [6.45, 7) is 0.746. The van der Waals surface area contributed by atoms with Gasteiger partial charge in [-0.2, -0.15) is 0 Å². The van der Waals surface area contributed by atoms with Crippen LogP contribution in [0.3, 0.4) is 0 Å². The van der Waals surface area contributed by atoms with Crippen molar-refractivity contribution in [3.63, 3.8) is 0 Å². The lowest BCUT2D eigenvalue weighted by molar-refractivity contribution is 0.535. The Labute approximate surface area is 110 Å². The van der Waals surface area contributed by atoms with E-state index in [9.17, 15) is 12.8 Å². The highest BCUT2D eigenvalue weighted by Gasteiger charge is 2.17. The van der Waals surface area contributed by atoms with Gasteiger partial charge in [0.05, 0.1) is 6.20 Å². The van der Waals surface area contributed by atoms with Crippen LogP contribution in [0.15, 0.2) is 41.6 Å². The average molecular weight is 284 g/mol. The van der Waals surface area contributed by atoms with Gasteiger partial charge in [-0.25, -0.2) is 17.5 Å². The number of aromatic nitrogens is 3. The fourth-order valence-corrected chi connectivity index (χ4v) is 2.69. The Balaban J connectivity index is 1.90. The van der Waals surface area contributed by atoms with E-state index in [0.29, 0.717) is 13.0 Å². The number of nitrogens with zero attached hydrogens (tertiary/aromatic N) is 3. The molecule has 0 saturated carbocycles. The predicted octanol–water partition coefficient (Wildman–Crippen LogP) is 0.786. The van der Waals surface area contributed by atoms with E-state index in [1.807, 2.05) is 0 Å². The summed E-state index contributed by atoms with van der Waals surface area (Å²) < 4.78 is 41.0. The van der Waals surface area contributed by atoms with Gasteiger partial charge in [0.15, 0.2) is 0 Å². The minimum atomic E-state index is -3.80. The van der Waals surface area contributed by atoms with Crippen LogP contribution < -0.4 is 4.72 Å². The molecule has 2 aromatic rings. The smallest absolute Gasteiger partial charge is 0.243 e. The lowest BCUT2D eigenvalue weighted by Gasteiger charge is -2.07. The van der Waals surface area contributed by atoms with Gasteiger partial charge in [0.25, 0.3) is 0 Å². The average Bonchev–Trinajstić information content (AvgIpc) is 2.88. The van der Waals surface area contributed by atoms with Crippen molar-refractivity contribution in [3.8, 4) is 0 Å². The van der Waals surface area contributed by atoms with E-state index in [2.05, 4.69) is 15.0 Å². The number of hydrogen-bond donors (Lipinski definition) is 1. The lowest BCUT2D eigenvalue weighted by Crippen LogP contribution is -2.26. The highest BCUT2D eigenvalue weighted by atomic mass is 32.2. The molecular formula is C11H13FN4O2S. The van der Waals surface area contributed by atoms with Gasteiger partial charge in [-0.3, -0.25) is 4.68 Å². The van der Waals surface area contributed by atoms with E-state index in [1.54, 1.807) is 17.1 Å². The van der Waals surface area contributed by atoms with E-state index in [0.717, 1.165) is 6.07 Å². The molecule has 1 aromatic carbocycles. The summed E-state index contributed by atoms with van der Waals surface area (Å²) in [6.07, 6.45) is 3.77. The Morgan fingerprint density at radius 3 is 2.79 bits per heavy atom. The Bertz CT molecular complexity index is 628. The summed E-state index contributed by atoms with van der Waals surface area (Å²) in [6, 6.07) is 5.27. The number of halogens is 1. The Hall–Kier alpha value is -1.80. The number of nitrogens with one attached hydrogen (secondary N) is 1. The van der Waals surface area contributed by atoms with E-state index in [-0.39, 0.29) is 11.4 Å². The normalized spacial score (nSPS) is 11.6. The maximum Gasteiger partial charge on any atom is 0.243 e. The molecule has 0 amide bonds. The number of aryl methyl sites for hydroxylation is 1. The molecule has 0 radical (unpaired) electrons. The molecule has 19 heavy (non-hydrogen) atoms. The topological polar surface area (TPSA) is 76.9 Å². The van der Waals surface area contributed by atoms with Crippen LogP contribution in [-0.4, -0.2) is 30.0 Å². The molecule has 8 heteroatoms. The Morgan fingerprint density at radius 1 is 1.32 bits per heavy atom. The van der Waals surface area contributed by atoms with Crippen molar-refractivity contribution in [3.05, 3.63) is 42.5 Å². The van der Waals surface area contributed by atoms with Crippen molar-refractivity contribution in [1.82, 2.24) is 19.7 Å². The first-order valence-electron chi connectivity index (χ1n) is 5.68. The molecule has 0 atom stereocenters. The summed E-state index contributed by atoms with van der Waals surface area (Å²) >= 11 is 0. The first-order chi connectivity index (χ1) is 9.09. The maximum atomic E-state index is 13.4. The minimum Gasteiger partial charge on any atom is -0.253 e. The summed E-state index contributed by atoms with van der Waals surface area (Å²) in [5.74, 6) is -0.758. The van der Waals surface area contributed by atoms with Crippen molar-refractivity contribution in [1.29, 1.82) is 0 Å². The van der Waals surface area contributed by atoms with Gasteiger partial charge < -0.3 is 0 Å². The van der Waals surface area contributed by atoms with E-state index in [1.165, 1.54) is 18.2 Å². The van der Waals surface area contributed by atoms with Crippen molar-refractivity contribution in [2.75, 3.05) is 6.54 Å². The first-order valence-corrected chi connectivity index (χ1v) is 7.16. The zero-order chi connectivity index (χ0) is 13.7. The van der Waals surface area contributed by atoms with Crippen LogP contribution in [0.4, 0.5) is 4.39 Å². The van der Waals surface area contributed by atoms with Crippen LogP contribution in [0.1, 0.15) is 6.42 Å². The van der Waals surface area contributed by atoms with E-state index in [4.69, 9.17) is 0 Å². The molecule has 0 saturated heterocycles. The maximum absolute atomic E-state index is 13.4. The third-order valence-corrected chi connectivity index (χ3v) is 3.95. The number of benzene rings is 1. The monoisotopic (exact) mass is 284 g/mol. The van der Waals surface area contributed by atoms with Crippen molar-refractivity contribution < 1.29 is 12.8 Å². The van der Waals surface area contributed by atoms with E-state index >= 15 is 0 Å². The predicted molar refractivity (Wildman–Crippen MR) is 66.2 cm³/mol. The third-order valence-electron chi connectivity index (χ3n) is 2.45. The second-order valence-corrected chi connectivity index (χ2v) is 5.58. The Morgan fingerprint density at radius 2 is 2.11 bits per heavy atom. The van der Waals surface area contributed by atoms with Crippen LogP contribution in [0.2, 0.25) is 0 Å². The minimum absolute atomic E-state index is 0.205. The van der Waals surface area contributed by atoms with Gasteiger partial charge in [-0.1, -0.05) is 17.3 Å². The van der Waals surface area contributed by atoms with Crippen LogP contribution >= 0.6 is 0 Å². The third kappa shape index (κ3) is 3.58. The molecule has 102 valence electrons. The molecule has 0 bridgehead atoms. The SMILES string of the molecule is O=S(=O)(NCCCn1ccnn1)c1ccccc1F. The molecule has 1 N–H and O–H groups in total. The zero-order valence-electron chi connectivity index (χ0n) is 10.0. The van der Waals surface area contributed by atoms with Gasteiger partial charge in [-0.05, 0) is 18.6 Å². The second-order valence-electron chi connectivity index (χ2n) is 3.85. The van der Waals surface area contributed by atoms with Gasteiger partial charge in [0.2, 0.25) is 10.0 Å². The summed E-state index contributed by atoms with van der Waals surface area (Å²) in [7, 11) is -3.80. The van der Waals surface area contributed by atoms with E-state index < -0.39 is 15.8 Å². The quantitative estimate of drug-likeness (QED) is 0.795. The fourth-order valence-electron chi connectivity index (χ4n) is 1.54. The Kier molecular flexibility index (Phi) is 4.23. The number of hydrogen-bond acceptors (Lipinski definition) is 4. The zero-order valence-corrected chi connectivity index (χ0v) is 10.8. The van der Waals surface area contributed by atoms with Crippen molar-refractivity contribution in [2.24, 2.45) is 0 Å². The van der Waals surface area contributed by atoms with Crippen LogP contribution in [-0.2, 0) is 16.6 Å². The fraction of sp³-hybridized carbons (Fsp3) is 0.273. The van der Waals surface area contributed by atoms with Crippen LogP contribution in [0, 0.1) is 5.82 Å². The molecule has 0 aliphatic rings. The van der Waals surface area contributed by atoms with Crippen molar-refractivity contribution >= 4 is 10.0 Å². The highest BCUT2D eigenvalue weighted by Crippen LogP contribution is 2.12. The molecule has 0 spiro atoms. The molecule has 1 heterocycles. The highest BCUT2D eigenvalue weighted by molar-refractivity contribution is 7.89. The molecule has 0 fully saturated rings. The largest absolute Gasteiger partial charge is 0.253 e. The number of sulfonamides is 1.